The summed E-state index contributed by atoms with van der Waals surface area (Å²) in [6, 6.07) is 23.8. The van der Waals surface area contributed by atoms with Crippen LogP contribution in [0.3, 0.4) is 0 Å². The average Bonchev–Trinajstić information content (AvgIpc) is 3.32. The minimum Gasteiger partial charge on any atom is -0.459 e. The minimum absolute atomic E-state index is 0.102. The fourth-order valence-electron chi connectivity index (χ4n) is 10.4. The number of aliphatic hydroxyl groups is 2. The molecule has 0 bridgehead atoms. The number of carbonyl (C=O) groups excluding carboxylic acids is 1. The third kappa shape index (κ3) is 12.2. The number of benzene rings is 3. The van der Waals surface area contributed by atoms with Gasteiger partial charge in [-0.2, -0.15) is 0 Å². The van der Waals surface area contributed by atoms with Gasteiger partial charge in [0.25, 0.3) is 0 Å². The van der Waals surface area contributed by atoms with E-state index in [-0.39, 0.29) is 37.6 Å². The lowest BCUT2D eigenvalue weighted by Crippen LogP contribution is -2.69. The summed E-state index contributed by atoms with van der Waals surface area (Å²) in [5.74, 6) is 0.402. The predicted molar refractivity (Wildman–Crippen MR) is 255 cm³/mol. The molecule has 6 rings (SSSR count). The molecule has 1 aliphatic heterocycles. The molecule has 2 aliphatic carbocycles. The van der Waals surface area contributed by atoms with Gasteiger partial charge in [-0.05, 0) is 91.0 Å². The normalized spacial score (nSPS) is 22.7. The number of amides is 1. The van der Waals surface area contributed by atoms with E-state index in [2.05, 4.69) is 55.1 Å². The Labute approximate surface area is 382 Å². The van der Waals surface area contributed by atoms with Gasteiger partial charge in [-0.25, -0.2) is 4.79 Å². The van der Waals surface area contributed by atoms with Crippen molar-refractivity contribution in [1.82, 2.24) is 4.90 Å². The van der Waals surface area contributed by atoms with Gasteiger partial charge in [0.2, 0.25) is 5.79 Å². The maximum absolute atomic E-state index is 14.1. The van der Waals surface area contributed by atoms with Gasteiger partial charge in [-0.15, -0.1) is 6.58 Å². The first-order chi connectivity index (χ1) is 31.4. The van der Waals surface area contributed by atoms with E-state index in [1.165, 1.54) is 44.9 Å². The summed E-state index contributed by atoms with van der Waals surface area (Å²) in [7, 11) is 3.33. The summed E-state index contributed by atoms with van der Waals surface area (Å²) in [5, 5.41) is 24.5. The van der Waals surface area contributed by atoms with Gasteiger partial charge in [0.05, 0.1) is 24.8 Å². The monoisotopic (exact) mass is 879 g/mol. The number of allylic oxidation sites excluding steroid dienone is 1. The number of ether oxygens (including phenoxy) is 4. The lowest BCUT2D eigenvalue weighted by Gasteiger charge is -2.59. The second kappa shape index (κ2) is 25.2. The molecule has 0 spiro atoms. The Hall–Kier alpha value is -4.64. The molecule has 2 N–H and O–H groups in total. The number of aliphatic hydroxyl groups excluding tert-OH is 2. The molecule has 3 aromatic rings. The van der Waals surface area contributed by atoms with Crippen molar-refractivity contribution in [3.63, 3.8) is 0 Å². The summed E-state index contributed by atoms with van der Waals surface area (Å²) in [5.41, 5.74) is 4.97. The van der Waals surface area contributed by atoms with E-state index in [0.29, 0.717) is 37.4 Å². The van der Waals surface area contributed by atoms with Gasteiger partial charge in [-0.3, -0.25) is 0 Å². The number of likely N-dealkylation sites (N-methyl/N-ethyl adjacent to an activating group) is 1. The van der Waals surface area contributed by atoms with Crippen molar-refractivity contribution in [3.05, 3.63) is 103 Å². The maximum atomic E-state index is 14.1. The van der Waals surface area contributed by atoms with Crippen molar-refractivity contribution in [2.75, 3.05) is 40.6 Å². The van der Waals surface area contributed by atoms with E-state index in [1.54, 1.807) is 25.1 Å². The Balaban J connectivity index is 1.34. The smallest absolute Gasteiger partial charge is 0.409 e. The first kappa shape index (κ1) is 48.8. The van der Waals surface area contributed by atoms with Crippen LogP contribution in [0.2, 0.25) is 0 Å². The molecular weight excluding hydrogens is 805 g/mol. The molecule has 0 saturated heterocycles. The van der Waals surface area contributed by atoms with E-state index >= 15 is 0 Å². The number of hydrogen-bond acceptors (Lipinski definition) is 9. The number of hydrogen-bond donors (Lipinski definition) is 2. The number of oxime groups is 1. The van der Waals surface area contributed by atoms with E-state index in [1.807, 2.05) is 42.5 Å². The molecule has 1 amide bonds. The molecule has 1 heterocycles. The van der Waals surface area contributed by atoms with Crippen LogP contribution in [0.25, 0.3) is 11.1 Å². The van der Waals surface area contributed by atoms with E-state index < -0.39 is 23.8 Å². The van der Waals surface area contributed by atoms with Crippen molar-refractivity contribution >= 4 is 11.8 Å². The fourth-order valence-corrected chi connectivity index (χ4v) is 10.4. The van der Waals surface area contributed by atoms with Crippen LogP contribution in [0, 0.1) is 17.8 Å². The molecule has 3 aliphatic rings. The highest BCUT2D eigenvalue weighted by molar-refractivity contribution is 6.02. The van der Waals surface area contributed by atoms with Gasteiger partial charge in [0.15, 0.2) is 0 Å². The summed E-state index contributed by atoms with van der Waals surface area (Å²) in [4.78, 5) is 21.3. The van der Waals surface area contributed by atoms with Crippen LogP contribution in [0.5, 0.6) is 17.2 Å². The summed E-state index contributed by atoms with van der Waals surface area (Å²) in [6.07, 6.45) is 20.7. The molecule has 0 radical (unpaired) electrons. The SMILES string of the molecule is C=CCO[C@@]12Oc3ccc(Oc4ccc(-c5ccccc5)cc4)cc3[C@H]3[C@H](CCCCO)[C@@H](CCCCO)C=C(C(=NOC)C[C@@H]1N(C)C(=O)OCCCCCCCCCCCC)[C@H]32. The molecule has 1 fully saturated rings. The lowest BCUT2D eigenvalue weighted by atomic mass is 9.55. The van der Waals surface area contributed by atoms with Crippen molar-refractivity contribution in [3.8, 4) is 28.4 Å². The zero-order valence-corrected chi connectivity index (χ0v) is 38.8. The third-order valence-electron chi connectivity index (χ3n) is 13.5. The molecule has 6 atom stereocenters. The van der Waals surface area contributed by atoms with Crippen LogP contribution in [-0.2, 0) is 14.3 Å². The Bertz CT molecular complexity index is 1950. The van der Waals surface area contributed by atoms with E-state index in [4.69, 9.17) is 23.8 Å². The molecule has 0 unspecified atom stereocenters. The quantitative estimate of drug-likeness (QED) is 0.0441. The number of fused-ring (bicyclic) bond motifs is 2. The molecule has 10 heteroatoms. The Morgan fingerprint density at radius 1 is 0.844 bits per heavy atom. The van der Waals surface area contributed by atoms with E-state index in [0.717, 1.165) is 78.7 Å². The maximum Gasteiger partial charge on any atom is 0.409 e. The topological polar surface area (TPSA) is 119 Å². The average molecular weight is 879 g/mol. The first-order valence-electron chi connectivity index (χ1n) is 24.2. The van der Waals surface area contributed by atoms with Crippen LogP contribution in [-0.4, -0.2) is 79.3 Å². The van der Waals surface area contributed by atoms with Crippen molar-refractivity contribution < 1.29 is 38.8 Å². The molecular formula is C54H74N2O8. The van der Waals surface area contributed by atoms with Crippen molar-refractivity contribution in [2.24, 2.45) is 22.9 Å². The highest BCUT2D eigenvalue weighted by Gasteiger charge is 2.65. The standard InChI is InChI=1S/C54H74N2O8/c1-5-7-8-9-10-11-12-13-14-22-36-61-53(59)56(3)50-39-48(55-60-4)46-37-42(25-18-20-33-57)45(26-19-21-34-58)51-47-38-44(31-32-49(47)64-54(50,52(46)51)62-35-6-2)63-43-29-27-41(28-30-43)40-23-16-15-17-24-40/h6,15-17,23-24,27-32,37-38,42,45,50-52,57-58H,2,5,7-14,18-22,25-26,33-36,39H2,1,3-4H3/t42-,45+,50-,51+,52+,54+/m0/s1. The fraction of sp³-hybridized carbons (Fsp3) is 0.556. The number of rotatable bonds is 27. The molecule has 0 aromatic heterocycles. The first-order valence-corrected chi connectivity index (χ1v) is 24.2. The minimum atomic E-state index is -1.34. The van der Waals surface area contributed by atoms with E-state index in [9.17, 15) is 15.0 Å². The van der Waals surface area contributed by atoms with Crippen LogP contribution >= 0.6 is 0 Å². The van der Waals surface area contributed by atoms with Gasteiger partial charge in [0, 0.05) is 38.2 Å². The van der Waals surface area contributed by atoms with Crippen LogP contribution in [0.15, 0.2) is 102 Å². The molecule has 348 valence electrons. The van der Waals surface area contributed by atoms with Gasteiger partial charge in [0.1, 0.15) is 30.4 Å². The molecule has 3 aromatic carbocycles. The number of carbonyl (C=O) groups is 1. The van der Waals surface area contributed by atoms with Gasteiger partial charge < -0.3 is 38.9 Å². The Morgan fingerprint density at radius 3 is 2.17 bits per heavy atom. The number of nitrogens with zero attached hydrogens (tertiary/aromatic N) is 2. The summed E-state index contributed by atoms with van der Waals surface area (Å²) < 4.78 is 26.8. The van der Waals surface area contributed by atoms with Crippen LogP contribution in [0.1, 0.15) is 128 Å². The third-order valence-corrected chi connectivity index (χ3v) is 13.5. The van der Waals surface area contributed by atoms with Crippen molar-refractivity contribution in [1.29, 1.82) is 0 Å². The molecule has 1 saturated carbocycles. The molecule has 64 heavy (non-hydrogen) atoms. The summed E-state index contributed by atoms with van der Waals surface area (Å²) in [6.45, 7) is 7.05. The van der Waals surface area contributed by atoms with Gasteiger partial charge in [-0.1, -0.05) is 137 Å². The predicted octanol–water partition coefficient (Wildman–Crippen LogP) is 12.4. The second-order valence-corrected chi connectivity index (χ2v) is 17.9. The zero-order valence-electron chi connectivity index (χ0n) is 38.8. The lowest BCUT2D eigenvalue weighted by molar-refractivity contribution is -0.253. The zero-order chi connectivity index (χ0) is 45.2. The summed E-state index contributed by atoms with van der Waals surface area (Å²) >= 11 is 0. The number of unbranched alkanes of at least 4 members (excludes halogenated alkanes) is 11. The second-order valence-electron chi connectivity index (χ2n) is 17.9. The Morgan fingerprint density at radius 2 is 1.50 bits per heavy atom. The highest BCUT2D eigenvalue weighted by atomic mass is 16.7. The van der Waals surface area contributed by atoms with Crippen molar-refractivity contribution in [2.45, 2.75) is 134 Å². The molecule has 10 nitrogen and oxygen atoms in total. The van der Waals surface area contributed by atoms with Gasteiger partial charge >= 0.3 is 6.09 Å². The largest absolute Gasteiger partial charge is 0.459 e. The highest BCUT2D eigenvalue weighted by Crippen LogP contribution is 2.62. The Kier molecular flexibility index (Phi) is 19.2. The van der Waals surface area contributed by atoms with Crippen LogP contribution < -0.4 is 9.47 Å². The van der Waals surface area contributed by atoms with Crippen LogP contribution in [0.4, 0.5) is 4.79 Å².